The average Bonchev–Trinajstić information content (AvgIpc) is 1.61. The van der Waals surface area contributed by atoms with Gasteiger partial charge in [0.1, 0.15) is 0 Å². The molecule has 2 nitrogen and oxygen atoms in total. The van der Waals surface area contributed by atoms with Crippen LogP contribution in [0, 0.1) is 0 Å². The van der Waals surface area contributed by atoms with Crippen molar-refractivity contribution in [2.45, 2.75) is 26.2 Å². The van der Waals surface area contributed by atoms with E-state index in [9.17, 15) is 4.79 Å². The number of hydrogen-bond acceptors (Lipinski definition) is 1. The summed E-state index contributed by atoms with van der Waals surface area (Å²) in [7, 11) is 0. The zero-order valence-corrected chi connectivity index (χ0v) is 7.48. The van der Waals surface area contributed by atoms with Gasteiger partial charge in [-0.15, -0.1) is 0 Å². The van der Waals surface area contributed by atoms with E-state index in [1.54, 1.807) is 0 Å². The van der Waals surface area contributed by atoms with Crippen molar-refractivity contribution in [1.82, 2.24) is 0 Å². The molecule has 0 heterocycles. The summed E-state index contributed by atoms with van der Waals surface area (Å²) in [5.74, 6) is -0.693. The number of carboxylic acids is 1. The summed E-state index contributed by atoms with van der Waals surface area (Å²) in [5, 5.41) is 8.04. The predicted octanol–water partition coefficient (Wildman–Crippen LogP) is 0.880. The summed E-state index contributed by atoms with van der Waals surface area (Å²) >= 11 is 0. The first-order valence-corrected chi connectivity index (χ1v) is 2.49. The van der Waals surface area contributed by atoms with E-state index in [4.69, 9.17) is 5.11 Å². The van der Waals surface area contributed by atoms with Crippen LogP contribution in [0.25, 0.3) is 0 Å². The third-order valence-corrected chi connectivity index (χ3v) is 0.744. The van der Waals surface area contributed by atoms with Crippen LogP contribution < -0.4 is 0 Å². The number of rotatable bonds is 3. The van der Waals surface area contributed by atoms with E-state index in [1.807, 2.05) is 6.92 Å². The molecule has 0 rings (SSSR count). The van der Waals surface area contributed by atoms with Gasteiger partial charge in [-0.05, 0) is 6.42 Å². The predicted molar refractivity (Wildman–Crippen MR) is 32.9 cm³/mol. The zero-order chi connectivity index (χ0) is 5.70. The molecular formula is C5H10O2Sb. The number of aliphatic carboxylic acids is 1. The summed E-state index contributed by atoms with van der Waals surface area (Å²) in [5.41, 5.74) is 0. The molecule has 0 aromatic carbocycles. The Balaban J connectivity index is 0. The maximum atomic E-state index is 9.76. The molecule has 0 aliphatic carbocycles. The Bertz CT molecular complexity index is 63.4. The van der Waals surface area contributed by atoms with Crippen LogP contribution in [0.4, 0.5) is 0 Å². The van der Waals surface area contributed by atoms with Gasteiger partial charge in [-0.25, -0.2) is 0 Å². The standard InChI is InChI=1S/C5H10O2.Sb/c1-2-3-4-5(6)7;/h2-4H2,1H3,(H,6,7);. The maximum absolute atomic E-state index is 9.76. The van der Waals surface area contributed by atoms with Crippen LogP contribution in [0.3, 0.4) is 0 Å². The van der Waals surface area contributed by atoms with E-state index in [0.717, 1.165) is 12.8 Å². The van der Waals surface area contributed by atoms with Gasteiger partial charge in [-0.1, -0.05) is 13.3 Å². The van der Waals surface area contributed by atoms with Crippen molar-refractivity contribution in [3.63, 3.8) is 0 Å². The molecule has 3 heteroatoms. The minimum Gasteiger partial charge on any atom is -0.481 e. The largest absolute Gasteiger partial charge is 0.481 e. The van der Waals surface area contributed by atoms with E-state index in [-0.39, 0.29) is 24.4 Å². The van der Waals surface area contributed by atoms with Gasteiger partial charge in [0.05, 0.1) is 0 Å². The molecule has 0 unspecified atom stereocenters. The van der Waals surface area contributed by atoms with Crippen molar-refractivity contribution >= 4 is 30.4 Å². The van der Waals surface area contributed by atoms with Crippen LogP contribution in [0.15, 0.2) is 0 Å². The molecule has 3 radical (unpaired) electrons. The van der Waals surface area contributed by atoms with Crippen molar-refractivity contribution in [3.8, 4) is 0 Å². The quantitative estimate of drug-likeness (QED) is 0.722. The number of unbranched alkanes of at least 4 members (excludes halogenated alkanes) is 1. The Labute approximate surface area is 66.7 Å². The molecule has 0 aliphatic heterocycles. The molecular weight excluding hydrogens is 214 g/mol. The smallest absolute Gasteiger partial charge is 0.303 e. The van der Waals surface area contributed by atoms with Gasteiger partial charge in [-0.2, -0.15) is 0 Å². The van der Waals surface area contributed by atoms with Crippen LogP contribution in [0.1, 0.15) is 26.2 Å². The van der Waals surface area contributed by atoms with Crippen molar-refractivity contribution in [2.75, 3.05) is 0 Å². The van der Waals surface area contributed by atoms with Gasteiger partial charge in [0.2, 0.25) is 0 Å². The summed E-state index contributed by atoms with van der Waals surface area (Å²) < 4.78 is 0. The van der Waals surface area contributed by atoms with Gasteiger partial charge in [-0.3, -0.25) is 4.79 Å². The fourth-order valence-electron chi connectivity index (χ4n) is 0.328. The Kier molecular flexibility index (Phi) is 10.1. The Morgan fingerprint density at radius 1 is 1.62 bits per heavy atom. The van der Waals surface area contributed by atoms with E-state index < -0.39 is 5.97 Å². The van der Waals surface area contributed by atoms with Crippen LogP contribution in [-0.2, 0) is 4.79 Å². The van der Waals surface area contributed by atoms with Crippen LogP contribution in [0.5, 0.6) is 0 Å². The van der Waals surface area contributed by atoms with E-state index >= 15 is 0 Å². The van der Waals surface area contributed by atoms with Crippen LogP contribution in [-0.4, -0.2) is 35.5 Å². The first-order valence-electron chi connectivity index (χ1n) is 2.49. The first kappa shape index (κ1) is 11.1. The second kappa shape index (κ2) is 7.29. The molecule has 0 bridgehead atoms. The summed E-state index contributed by atoms with van der Waals surface area (Å²) in [4.78, 5) is 9.76. The zero-order valence-electron chi connectivity index (χ0n) is 4.92. The van der Waals surface area contributed by atoms with Crippen LogP contribution >= 0.6 is 0 Å². The second-order valence-electron chi connectivity index (χ2n) is 1.50. The molecule has 0 aromatic heterocycles. The Morgan fingerprint density at radius 2 is 2.12 bits per heavy atom. The molecule has 0 saturated carbocycles. The first-order chi connectivity index (χ1) is 3.27. The van der Waals surface area contributed by atoms with Gasteiger partial charge in [0.15, 0.2) is 0 Å². The molecule has 0 fully saturated rings. The molecule has 1 N–H and O–H groups in total. The monoisotopic (exact) mass is 223 g/mol. The fraction of sp³-hybridized carbons (Fsp3) is 0.800. The van der Waals surface area contributed by atoms with Crippen molar-refractivity contribution in [2.24, 2.45) is 0 Å². The average molecular weight is 224 g/mol. The van der Waals surface area contributed by atoms with E-state index in [2.05, 4.69) is 0 Å². The normalized spacial score (nSPS) is 7.62. The molecule has 47 valence electrons. The SMILES string of the molecule is CCCCC(=O)O.[Sb]. The molecule has 0 atom stereocenters. The summed E-state index contributed by atoms with van der Waals surface area (Å²) in [6.07, 6.45) is 2.08. The van der Waals surface area contributed by atoms with Gasteiger partial charge >= 0.3 is 5.97 Å². The maximum Gasteiger partial charge on any atom is 0.303 e. The summed E-state index contributed by atoms with van der Waals surface area (Å²) in [6, 6.07) is 0. The van der Waals surface area contributed by atoms with E-state index in [0.29, 0.717) is 6.42 Å². The molecule has 0 saturated heterocycles. The van der Waals surface area contributed by atoms with Crippen molar-refractivity contribution < 1.29 is 9.90 Å². The van der Waals surface area contributed by atoms with Gasteiger partial charge in [0.25, 0.3) is 0 Å². The third-order valence-electron chi connectivity index (χ3n) is 0.744. The van der Waals surface area contributed by atoms with Crippen molar-refractivity contribution in [1.29, 1.82) is 0 Å². The molecule has 0 spiro atoms. The second-order valence-corrected chi connectivity index (χ2v) is 1.50. The van der Waals surface area contributed by atoms with Crippen LogP contribution in [0.2, 0.25) is 0 Å². The topological polar surface area (TPSA) is 37.3 Å². The van der Waals surface area contributed by atoms with E-state index in [1.165, 1.54) is 0 Å². The number of carbonyl (C=O) groups is 1. The molecule has 0 aromatic rings. The van der Waals surface area contributed by atoms with Crippen molar-refractivity contribution in [3.05, 3.63) is 0 Å². The Morgan fingerprint density at radius 3 is 2.25 bits per heavy atom. The molecule has 0 aliphatic rings. The number of carboxylic acid groups (broad SMARTS) is 1. The minimum absolute atomic E-state index is 0. The minimum atomic E-state index is -0.693. The fourth-order valence-corrected chi connectivity index (χ4v) is 0.328. The molecule has 8 heavy (non-hydrogen) atoms. The van der Waals surface area contributed by atoms with Gasteiger partial charge < -0.3 is 5.11 Å². The number of hydrogen-bond donors (Lipinski definition) is 1. The van der Waals surface area contributed by atoms with Gasteiger partial charge in [0, 0.05) is 30.8 Å². The summed E-state index contributed by atoms with van der Waals surface area (Å²) in [6.45, 7) is 1.98. The molecule has 0 amide bonds. The Hall–Kier alpha value is 0.288. The third kappa shape index (κ3) is 9.56.